The first-order valence-electron chi connectivity index (χ1n) is 11.2. The molecule has 1 N–H and O–H groups in total. The maximum Gasteiger partial charge on any atom is 0.295 e. The van der Waals surface area contributed by atoms with Crippen LogP contribution in [0, 0.1) is 0 Å². The number of likely N-dealkylation sites (tertiary alicyclic amines) is 1. The Bertz CT molecular complexity index is 1030. The first-order chi connectivity index (χ1) is 15.7. The molecule has 1 aliphatic rings. The standard InChI is InChI=1S/C26H33N3O4/c1-6-16-33-21-9-7-8-19(17-21)24(30)22-23(18-10-12-20(13-11-18)28(4)5)29(15-14-27(2)3)26(32)25(22)31/h7-13,17,23,30H,6,14-16H2,1-5H3/b24-22-. The van der Waals surface area contributed by atoms with Gasteiger partial charge in [0.25, 0.3) is 11.7 Å². The predicted octanol–water partition coefficient (Wildman–Crippen LogP) is 3.52. The van der Waals surface area contributed by atoms with Crippen molar-refractivity contribution >= 4 is 23.1 Å². The highest BCUT2D eigenvalue weighted by Crippen LogP contribution is 2.40. The Kier molecular flexibility index (Phi) is 7.76. The van der Waals surface area contributed by atoms with Gasteiger partial charge in [-0.05, 0) is 50.3 Å². The van der Waals surface area contributed by atoms with Crippen molar-refractivity contribution in [2.24, 2.45) is 0 Å². The smallest absolute Gasteiger partial charge is 0.295 e. The minimum atomic E-state index is -0.673. The van der Waals surface area contributed by atoms with E-state index >= 15 is 0 Å². The maximum atomic E-state index is 13.1. The molecule has 7 nitrogen and oxygen atoms in total. The molecule has 33 heavy (non-hydrogen) atoms. The number of nitrogens with zero attached hydrogens (tertiary/aromatic N) is 3. The van der Waals surface area contributed by atoms with Gasteiger partial charge in [0.15, 0.2) is 0 Å². The van der Waals surface area contributed by atoms with Crippen LogP contribution in [-0.4, -0.2) is 74.5 Å². The van der Waals surface area contributed by atoms with Crippen molar-refractivity contribution in [1.29, 1.82) is 0 Å². The maximum absolute atomic E-state index is 13.1. The Labute approximate surface area is 195 Å². The number of carbonyl (C=O) groups is 2. The summed E-state index contributed by atoms with van der Waals surface area (Å²) in [5, 5.41) is 11.2. The summed E-state index contributed by atoms with van der Waals surface area (Å²) in [5.41, 5.74) is 2.33. The molecule has 1 aliphatic heterocycles. The number of carbonyl (C=O) groups excluding carboxylic acids is 2. The summed E-state index contributed by atoms with van der Waals surface area (Å²) in [4.78, 5) is 31.6. The number of benzene rings is 2. The van der Waals surface area contributed by atoms with Crippen molar-refractivity contribution in [2.75, 3.05) is 52.8 Å². The number of hydrogen-bond acceptors (Lipinski definition) is 6. The highest BCUT2D eigenvalue weighted by atomic mass is 16.5. The number of ketones is 1. The molecule has 2 aromatic rings. The van der Waals surface area contributed by atoms with Gasteiger partial charge >= 0.3 is 0 Å². The van der Waals surface area contributed by atoms with E-state index in [9.17, 15) is 14.7 Å². The van der Waals surface area contributed by atoms with Crippen LogP contribution in [0.5, 0.6) is 5.75 Å². The number of anilines is 1. The van der Waals surface area contributed by atoms with E-state index in [-0.39, 0.29) is 11.3 Å². The van der Waals surface area contributed by atoms with Gasteiger partial charge in [0.2, 0.25) is 0 Å². The van der Waals surface area contributed by atoms with Crippen LogP contribution in [0.2, 0.25) is 0 Å². The SMILES string of the molecule is CCCOc1cccc(/C(O)=C2/C(=O)C(=O)N(CCN(C)C)C2c2ccc(N(C)C)cc2)c1. The molecule has 3 rings (SSSR count). The number of likely N-dealkylation sites (N-methyl/N-ethyl adjacent to an activating group) is 1. The van der Waals surface area contributed by atoms with Crippen LogP contribution in [0.25, 0.3) is 5.76 Å². The van der Waals surface area contributed by atoms with Gasteiger partial charge in [-0.3, -0.25) is 9.59 Å². The first kappa shape index (κ1) is 24.3. The summed E-state index contributed by atoms with van der Waals surface area (Å²) in [6, 6.07) is 14.0. The Hall–Kier alpha value is -3.32. The molecule has 1 atom stereocenters. The summed E-state index contributed by atoms with van der Waals surface area (Å²) < 4.78 is 5.68. The number of Topliss-reactive ketones (excluding diaryl/α,β-unsaturated/α-hetero) is 1. The van der Waals surface area contributed by atoms with E-state index in [0.29, 0.717) is 31.0 Å². The Morgan fingerprint density at radius 1 is 1.06 bits per heavy atom. The summed E-state index contributed by atoms with van der Waals surface area (Å²) in [5.74, 6) is -0.856. The Morgan fingerprint density at radius 3 is 2.36 bits per heavy atom. The zero-order chi connectivity index (χ0) is 24.1. The van der Waals surface area contributed by atoms with Crippen molar-refractivity contribution in [2.45, 2.75) is 19.4 Å². The van der Waals surface area contributed by atoms with Crippen molar-refractivity contribution in [1.82, 2.24) is 9.80 Å². The lowest BCUT2D eigenvalue weighted by Crippen LogP contribution is -2.35. The minimum Gasteiger partial charge on any atom is -0.507 e. The topological polar surface area (TPSA) is 73.3 Å². The van der Waals surface area contributed by atoms with Gasteiger partial charge in [0.1, 0.15) is 11.5 Å². The van der Waals surface area contributed by atoms with Crippen LogP contribution in [0.3, 0.4) is 0 Å². The van der Waals surface area contributed by atoms with Gasteiger partial charge in [-0.2, -0.15) is 0 Å². The van der Waals surface area contributed by atoms with Crippen molar-refractivity contribution in [3.05, 3.63) is 65.2 Å². The normalized spacial score (nSPS) is 17.6. The molecule has 2 aromatic carbocycles. The van der Waals surface area contributed by atoms with Gasteiger partial charge < -0.3 is 24.5 Å². The summed E-state index contributed by atoms with van der Waals surface area (Å²) in [6.07, 6.45) is 0.857. The largest absolute Gasteiger partial charge is 0.507 e. The number of ether oxygens (including phenoxy) is 1. The second-order valence-corrected chi connectivity index (χ2v) is 8.66. The quantitative estimate of drug-likeness (QED) is 0.357. The molecule has 1 saturated heterocycles. The van der Waals surface area contributed by atoms with E-state index in [1.807, 2.05) is 69.2 Å². The number of amides is 1. The third kappa shape index (κ3) is 5.37. The third-order valence-corrected chi connectivity index (χ3v) is 5.63. The van der Waals surface area contributed by atoms with E-state index in [1.54, 1.807) is 29.2 Å². The zero-order valence-electron chi connectivity index (χ0n) is 20.0. The average Bonchev–Trinajstić information content (AvgIpc) is 3.05. The minimum absolute atomic E-state index is 0.101. The Morgan fingerprint density at radius 2 is 1.76 bits per heavy atom. The van der Waals surface area contributed by atoms with Crippen LogP contribution < -0.4 is 9.64 Å². The predicted molar refractivity (Wildman–Crippen MR) is 131 cm³/mol. The molecule has 1 heterocycles. The number of rotatable bonds is 9. The third-order valence-electron chi connectivity index (χ3n) is 5.63. The van der Waals surface area contributed by atoms with Crippen LogP contribution in [-0.2, 0) is 9.59 Å². The van der Waals surface area contributed by atoms with Crippen molar-refractivity contribution in [3.63, 3.8) is 0 Å². The molecule has 0 saturated carbocycles. The zero-order valence-corrected chi connectivity index (χ0v) is 20.0. The highest BCUT2D eigenvalue weighted by Gasteiger charge is 2.45. The fourth-order valence-electron chi connectivity index (χ4n) is 3.83. The number of aliphatic hydroxyl groups is 1. The van der Waals surface area contributed by atoms with Crippen LogP contribution in [0.15, 0.2) is 54.1 Å². The monoisotopic (exact) mass is 451 g/mol. The molecule has 1 amide bonds. The van der Waals surface area contributed by atoms with Gasteiger partial charge in [0.05, 0.1) is 18.2 Å². The fourth-order valence-corrected chi connectivity index (χ4v) is 3.83. The number of hydrogen-bond donors (Lipinski definition) is 1. The van der Waals surface area contributed by atoms with Gasteiger partial charge in [-0.15, -0.1) is 0 Å². The average molecular weight is 452 g/mol. The van der Waals surface area contributed by atoms with Crippen LogP contribution in [0.1, 0.15) is 30.5 Å². The second-order valence-electron chi connectivity index (χ2n) is 8.66. The lowest BCUT2D eigenvalue weighted by Gasteiger charge is -2.27. The van der Waals surface area contributed by atoms with Gasteiger partial charge in [-0.1, -0.05) is 31.2 Å². The molecule has 0 aliphatic carbocycles. The van der Waals surface area contributed by atoms with E-state index in [2.05, 4.69) is 0 Å². The molecule has 176 valence electrons. The van der Waals surface area contributed by atoms with E-state index in [4.69, 9.17) is 4.74 Å². The molecule has 0 spiro atoms. The molecule has 0 bridgehead atoms. The molecule has 0 aromatic heterocycles. The van der Waals surface area contributed by atoms with Crippen LogP contribution in [0.4, 0.5) is 5.69 Å². The molecular weight excluding hydrogens is 418 g/mol. The Balaban J connectivity index is 2.10. The van der Waals surface area contributed by atoms with Gasteiger partial charge in [0, 0.05) is 38.4 Å². The van der Waals surface area contributed by atoms with E-state index in [0.717, 1.165) is 17.7 Å². The summed E-state index contributed by atoms with van der Waals surface area (Å²) >= 11 is 0. The van der Waals surface area contributed by atoms with Crippen LogP contribution >= 0.6 is 0 Å². The second kappa shape index (κ2) is 10.5. The van der Waals surface area contributed by atoms with Crippen molar-refractivity contribution < 1.29 is 19.4 Å². The lowest BCUT2D eigenvalue weighted by atomic mass is 9.95. The molecule has 7 heteroatoms. The van der Waals surface area contributed by atoms with E-state index in [1.165, 1.54) is 0 Å². The highest BCUT2D eigenvalue weighted by molar-refractivity contribution is 6.46. The summed E-state index contributed by atoms with van der Waals surface area (Å²) in [7, 11) is 7.73. The molecule has 1 fully saturated rings. The summed E-state index contributed by atoms with van der Waals surface area (Å²) in [6.45, 7) is 3.53. The molecular formula is C26H33N3O4. The fraction of sp³-hybridized carbons (Fsp3) is 0.385. The van der Waals surface area contributed by atoms with E-state index < -0.39 is 17.7 Å². The van der Waals surface area contributed by atoms with Crippen molar-refractivity contribution in [3.8, 4) is 5.75 Å². The molecule has 1 unspecified atom stereocenters. The van der Waals surface area contributed by atoms with Gasteiger partial charge in [-0.25, -0.2) is 0 Å². The number of aliphatic hydroxyl groups excluding tert-OH is 1. The first-order valence-corrected chi connectivity index (χ1v) is 11.2. The molecule has 0 radical (unpaired) electrons. The lowest BCUT2D eigenvalue weighted by molar-refractivity contribution is -0.140.